The number of esters is 1. The van der Waals surface area contributed by atoms with Gasteiger partial charge in [0.1, 0.15) is 6.10 Å². The lowest BCUT2D eigenvalue weighted by atomic mass is 9.62. The number of ketones is 1. The minimum absolute atomic E-state index is 0.155. The Labute approximate surface area is 142 Å². The molecule has 5 heteroatoms. The molecule has 6 atom stereocenters. The quantitative estimate of drug-likeness (QED) is 0.857. The number of hydrogen-bond donors (Lipinski definition) is 1. The van der Waals surface area contributed by atoms with Gasteiger partial charge in [0.2, 0.25) is 5.78 Å². The van der Waals surface area contributed by atoms with Gasteiger partial charge in [-0.15, -0.1) is 0 Å². The number of carbonyl (C=O) groups is 2. The third-order valence-electron chi connectivity index (χ3n) is 5.85. The Hall–Kier alpha value is -1.62. The molecule has 1 fully saturated rings. The highest BCUT2D eigenvalue weighted by Gasteiger charge is 2.53. The Morgan fingerprint density at radius 1 is 1.46 bits per heavy atom. The highest BCUT2D eigenvalue weighted by atomic mass is 16.5. The molecule has 0 aliphatic heterocycles. The fraction of sp³-hybridized carbons (Fsp3) is 0.684. The number of rotatable bonds is 3. The summed E-state index contributed by atoms with van der Waals surface area (Å²) in [6.07, 6.45) is 2.43. The molecule has 1 aromatic rings. The van der Waals surface area contributed by atoms with Crippen LogP contribution < -0.4 is 0 Å². The third kappa shape index (κ3) is 2.59. The van der Waals surface area contributed by atoms with Crippen molar-refractivity contribution in [2.45, 2.75) is 59.2 Å². The molecule has 1 heterocycles. The van der Waals surface area contributed by atoms with E-state index in [9.17, 15) is 14.7 Å². The second-order valence-electron chi connectivity index (χ2n) is 7.42. The van der Waals surface area contributed by atoms with Crippen LogP contribution in [0.3, 0.4) is 0 Å². The van der Waals surface area contributed by atoms with Crippen LogP contribution in [0.1, 0.15) is 67.8 Å². The number of carbonyl (C=O) groups excluding carboxylic acids is 2. The van der Waals surface area contributed by atoms with E-state index in [1.54, 1.807) is 6.26 Å². The molecule has 5 nitrogen and oxygen atoms in total. The predicted molar refractivity (Wildman–Crippen MR) is 87.4 cm³/mol. The summed E-state index contributed by atoms with van der Waals surface area (Å²) in [5.74, 6) is -0.907. The van der Waals surface area contributed by atoms with Gasteiger partial charge in [-0.3, -0.25) is 9.59 Å². The van der Waals surface area contributed by atoms with Gasteiger partial charge < -0.3 is 14.3 Å². The van der Waals surface area contributed by atoms with E-state index >= 15 is 0 Å². The van der Waals surface area contributed by atoms with Crippen LogP contribution in [0.5, 0.6) is 0 Å². The second-order valence-corrected chi connectivity index (χ2v) is 7.42. The van der Waals surface area contributed by atoms with Gasteiger partial charge in [-0.05, 0) is 37.7 Å². The van der Waals surface area contributed by atoms with E-state index in [-0.39, 0.29) is 35.3 Å². The van der Waals surface area contributed by atoms with Gasteiger partial charge in [-0.1, -0.05) is 20.8 Å². The minimum atomic E-state index is -0.706. The van der Waals surface area contributed by atoms with Crippen molar-refractivity contribution in [1.82, 2.24) is 0 Å². The molecule has 1 saturated carbocycles. The molecule has 0 spiro atoms. The summed E-state index contributed by atoms with van der Waals surface area (Å²) in [6.45, 7) is 7.72. The van der Waals surface area contributed by atoms with Crippen LogP contribution in [-0.2, 0) is 9.53 Å². The average Bonchev–Trinajstić information content (AvgIpc) is 2.95. The number of furan rings is 1. The van der Waals surface area contributed by atoms with Crippen LogP contribution in [0.25, 0.3) is 0 Å². The van der Waals surface area contributed by atoms with Gasteiger partial charge in [0.05, 0.1) is 24.2 Å². The normalized spacial score (nSPS) is 33.5. The second kappa shape index (κ2) is 6.36. The third-order valence-corrected chi connectivity index (χ3v) is 5.85. The van der Waals surface area contributed by atoms with Crippen molar-refractivity contribution in [3.05, 3.63) is 23.2 Å². The first-order valence-corrected chi connectivity index (χ1v) is 8.87. The van der Waals surface area contributed by atoms with Crippen LogP contribution in [0.2, 0.25) is 0 Å². The maximum atomic E-state index is 12.8. The van der Waals surface area contributed by atoms with E-state index in [1.165, 1.54) is 0 Å². The molecule has 3 rings (SSSR count). The molecule has 0 bridgehead atoms. The van der Waals surface area contributed by atoms with Crippen molar-refractivity contribution in [2.75, 3.05) is 0 Å². The smallest absolute Gasteiger partial charge is 0.309 e. The molecule has 132 valence electrons. The predicted octanol–water partition coefficient (Wildman–Crippen LogP) is 3.44. The number of aliphatic hydroxyl groups excluding tert-OH is 1. The van der Waals surface area contributed by atoms with Crippen LogP contribution in [0, 0.1) is 30.6 Å². The summed E-state index contributed by atoms with van der Waals surface area (Å²) >= 11 is 0. The van der Waals surface area contributed by atoms with Crippen LogP contribution in [-0.4, -0.2) is 23.0 Å². The molecule has 2 aliphatic carbocycles. The molecular formula is C19H26O5. The van der Waals surface area contributed by atoms with Gasteiger partial charge in [0.25, 0.3) is 0 Å². The molecular weight excluding hydrogens is 308 g/mol. The number of Topliss-reactive ketones (excluding diaryl/α,β-unsaturated/α-hetero) is 1. The number of ether oxygens (including phenoxy) is 1. The number of aryl methyl sites for hydroxylation is 1. The van der Waals surface area contributed by atoms with Gasteiger partial charge in [0, 0.05) is 11.5 Å². The van der Waals surface area contributed by atoms with Gasteiger partial charge >= 0.3 is 5.97 Å². The van der Waals surface area contributed by atoms with Crippen LogP contribution in [0.4, 0.5) is 0 Å². The van der Waals surface area contributed by atoms with Crippen molar-refractivity contribution < 1.29 is 23.8 Å². The van der Waals surface area contributed by atoms with Crippen molar-refractivity contribution in [3.63, 3.8) is 0 Å². The van der Waals surface area contributed by atoms with E-state index in [0.717, 1.165) is 12.0 Å². The van der Waals surface area contributed by atoms with Crippen LogP contribution in [0.15, 0.2) is 10.7 Å². The van der Waals surface area contributed by atoms with Crippen molar-refractivity contribution in [1.29, 1.82) is 0 Å². The molecule has 2 aliphatic rings. The monoisotopic (exact) mass is 334 g/mol. The van der Waals surface area contributed by atoms with Crippen LogP contribution >= 0.6 is 0 Å². The zero-order valence-electron chi connectivity index (χ0n) is 14.7. The fourth-order valence-corrected chi connectivity index (χ4v) is 4.14. The van der Waals surface area contributed by atoms with Crippen molar-refractivity contribution >= 4 is 11.8 Å². The van der Waals surface area contributed by atoms with E-state index in [1.807, 2.05) is 20.8 Å². The summed E-state index contributed by atoms with van der Waals surface area (Å²) < 4.78 is 11.4. The number of hydrogen-bond acceptors (Lipinski definition) is 5. The molecule has 0 amide bonds. The lowest BCUT2D eigenvalue weighted by Gasteiger charge is -2.45. The highest BCUT2D eigenvalue weighted by molar-refractivity contribution is 5.99. The first kappa shape index (κ1) is 17.2. The number of fused-ring (bicyclic) bond motifs is 2. The Kier molecular flexibility index (Phi) is 4.56. The standard InChI is InChI=1S/C19H26O5/c1-5-9(2)19(22)24-17-13-10(3)6-7-12(20)15(13)16(21)18-14(17)11(4)8-23-18/h8-10,12-13,15,17,20H,5-7H2,1-4H3/t9?,10-,12-,13+,15-,17-/m0/s1. The Balaban J connectivity index is 2.05. The Bertz CT molecular complexity index is 646. The molecule has 1 unspecified atom stereocenters. The van der Waals surface area contributed by atoms with E-state index in [4.69, 9.17) is 9.15 Å². The van der Waals surface area contributed by atoms with Gasteiger partial charge in [-0.25, -0.2) is 0 Å². The topological polar surface area (TPSA) is 76.7 Å². The zero-order valence-corrected chi connectivity index (χ0v) is 14.7. The largest absolute Gasteiger partial charge is 0.460 e. The molecule has 24 heavy (non-hydrogen) atoms. The minimum Gasteiger partial charge on any atom is -0.460 e. The summed E-state index contributed by atoms with van der Waals surface area (Å²) in [5.41, 5.74) is 1.52. The van der Waals surface area contributed by atoms with Gasteiger partial charge in [0.15, 0.2) is 5.76 Å². The summed E-state index contributed by atoms with van der Waals surface area (Å²) in [6, 6.07) is 0. The lowest BCUT2D eigenvalue weighted by Crippen LogP contribution is -2.48. The summed E-state index contributed by atoms with van der Waals surface area (Å²) in [7, 11) is 0. The Morgan fingerprint density at radius 2 is 2.17 bits per heavy atom. The van der Waals surface area contributed by atoms with Gasteiger partial charge in [-0.2, -0.15) is 0 Å². The van der Waals surface area contributed by atoms with Crippen molar-refractivity contribution in [3.8, 4) is 0 Å². The first-order valence-electron chi connectivity index (χ1n) is 8.87. The highest BCUT2D eigenvalue weighted by Crippen LogP contribution is 2.51. The maximum Gasteiger partial charge on any atom is 0.309 e. The molecule has 0 radical (unpaired) electrons. The number of aliphatic hydroxyl groups is 1. The van der Waals surface area contributed by atoms with E-state index in [0.29, 0.717) is 18.4 Å². The molecule has 1 aromatic heterocycles. The molecule has 0 aromatic carbocycles. The van der Waals surface area contributed by atoms with E-state index < -0.39 is 18.1 Å². The molecule has 0 saturated heterocycles. The Morgan fingerprint density at radius 3 is 2.83 bits per heavy atom. The lowest BCUT2D eigenvalue weighted by molar-refractivity contribution is -0.163. The fourth-order valence-electron chi connectivity index (χ4n) is 4.14. The SMILES string of the molecule is CCC(C)C(=O)O[C@@H]1c2c(C)coc2C(=O)[C@@H]2[C@H]1[C@@H](C)CC[C@@H]2O. The van der Waals surface area contributed by atoms with Crippen molar-refractivity contribution in [2.24, 2.45) is 23.7 Å². The average molecular weight is 334 g/mol. The molecule has 1 N–H and O–H groups in total. The summed E-state index contributed by atoms with van der Waals surface area (Å²) in [4.78, 5) is 25.3. The maximum absolute atomic E-state index is 12.8. The summed E-state index contributed by atoms with van der Waals surface area (Å²) in [5, 5.41) is 10.4. The van der Waals surface area contributed by atoms with E-state index in [2.05, 4.69) is 6.92 Å². The first-order chi connectivity index (χ1) is 11.4. The zero-order chi connectivity index (χ0) is 17.6.